The van der Waals surface area contributed by atoms with E-state index in [-0.39, 0.29) is 5.41 Å². The Kier molecular flexibility index (Phi) is 7.75. The van der Waals surface area contributed by atoms with Crippen molar-refractivity contribution in [3.63, 3.8) is 0 Å². The number of thiophene rings is 1. The van der Waals surface area contributed by atoms with Gasteiger partial charge >= 0.3 is 0 Å². The van der Waals surface area contributed by atoms with Gasteiger partial charge in [-0.25, -0.2) is 8.42 Å². The van der Waals surface area contributed by atoms with E-state index in [0.29, 0.717) is 21.6 Å². The standard InChI is InChI=1S/C56H43NO2S2/c58-61(59)53-22-8-6-18-48(53)56(39-30-35-29-36(32-39)33-40(56)31-35)49-34-42(27-28-54(49)61)57(50-19-9-12-37-11-1-2-14-44(37)50)41-25-23-38(24-26-41)43-13-3-4-15-45(43)46-17-10-21-52-55(46)47-16-5-7-20-51(47)60-52/h1-28,34-36,39-40H,29-33H2. The van der Waals surface area contributed by atoms with Gasteiger partial charge in [-0.2, -0.15) is 0 Å². The second kappa shape index (κ2) is 13.2. The monoisotopic (exact) mass is 825 g/mol. The van der Waals surface area contributed by atoms with Crippen molar-refractivity contribution in [3.8, 4) is 22.3 Å². The third-order valence-corrected chi connectivity index (χ3v) is 18.1. The fraction of sp³-hybridized carbons (Fsp3) is 0.179. The summed E-state index contributed by atoms with van der Waals surface area (Å²) >= 11 is 1.85. The molecule has 0 atom stereocenters. The summed E-state index contributed by atoms with van der Waals surface area (Å²) in [6.45, 7) is 0. The average Bonchev–Trinajstić information content (AvgIpc) is 3.68. The van der Waals surface area contributed by atoms with Crippen LogP contribution in [0.4, 0.5) is 17.1 Å². The van der Waals surface area contributed by atoms with Gasteiger partial charge in [0.15, 0.2) is 0 Å². The van der Waals surface area contributed by atoms with Crippen LogP contribution >= 0.6 is 11.3 Å². The zero-order valence-corrected chi connectivity index (χ0v) is 35.3. The minimum atomic E-state index is -3.72. The van der Waals surface area contributed by atoms with Crippen LogP contribution in [0.5, 0.6) is 0 Å². The van der Waals surface area contributed by atoms with E-state index in [2.05, 4.69) is 163 Å². The zero-order valence-electron chi connectivity index (χ0n) is 33.7. The zero-order chi connectivity index (χ0) is 40.5. The van der Waals surface area contributed by atoms with Crippen molar-refractivity contribution in [2.75, 3.05) is 4.90 Å². The SMILES string of the molecule is O=S1(=O)c2ccccc2C2(c3cc(N(c4ccc(-c5ccccc5-c5cccc6sc7ccccc7c56)cc4)c4cccc5ccccc45)ccc31)C1CC3CC(C1)CC2C3. The highest BCUT2D eigenvalue weighted by atomic mass is 32.2. The molecule has 4 saturated carbocycles. The van der Waals surface area contributed by atoms with Gasteiger partial charge in [0.05, 0.1) is 15.5 Å². The van der Waals surface area contributed by atoms with Gasteiger partial charge in [-0.3, -0.25) is 0 Å². The van der Waals surface area contributed by atoms with Crippen LogP contribution in [-0.2, 0) is 15.3 Å². The molecule has 2 heterocycles. The van der Waals surface area contributed by atoms with Crippen LogP contribution in [0.15, 0.2) is 186 Å². The molecule has 1 spiro atoms. The lowest BCUT2D eigenvalue weighted by atomic mass is 9.42. The van der Waals surface area contributed by atoms with Gasteiger partial charge in [-0.1, -0.05) is 121 Å². The quantitative estimate of drug-likeness (QED) is 0.173. The fourth-order valence-corrected chi connectivity index (χ4v) is 15.8. The lowest BCUT2D eigenvalue weighted by molar-refractivity contribution is -0.0446. The molecule has 296 valence electrons. The Morgan fingerprint density at radius 1 is 0.492 bits per heavy atom. The molecule has 4 fully saturated rings. The second-order valence-corrected chi connectivity index (χ2v) is 21.0. The Morgan fingerprint density at radius 2 is 1.10 bits per heavy atom. The molecule has 0 N–H and O–H groups in total. The molecule has 0 saturated heterocycles. The van der Waals surface area contributed by atoms with E-state index in [1.54, 1.807) is 0 Å². The summed E-state index contributed by atoms with van der Waals surface area (Å²) in [6, 6.07) is 62.7. The smallest absolute Gasteiger partial charge is 0.207 e. The predicted molar refractivity (Wildman–Crippen MR) is 252 cm³/mol. The molecule has 1 aliphatic heterocycles. The molecule has 61 heavy (non-hydrogen) atoms. The van der Waals surface area contributed by atoms with Gasteiger partial charge in [0, 0.05) is 42.3 Å². The Bertz CT molecular complexity index is 3330. The van der Waals surface area contributed by atoms with E-state index in [1.807, 2.05) is 29.5 Å². The average molecular weight is 826 g/mol. The Labute approximate surface area is 360 Å². The van der Waals surface area contributed by atoms with Gasteiger partial charge in [-0.05, 0) is 149 Å². The minimum absolute atomic E-state index is 0.324. The molecule has 0 amide bonds. The normalized spacial score (nSPS) is 23.1. The highest BCUT2D eigenvalue weighted by molar-refractivity contribution is 7.91. The molecule has 0 unspecified atom stereocenters. The predicted octanol–water partition coefficient (Wildman–Crippen LogP) is 14.9. The summed E-state index contributed by atoms with van der Waals surface area (Å²) in [6.07, 6.45) is 6.05. The molecule has 4 bridgehead atoms. The highest BCUT2D eigenvalue weighted by Crippen LogP contribution is 2.68. The largest absolute Gasteiger partial charge is 0.310 e. The number of nitrogens with zero attached hydrogens (tertiary/aromatic N) is 1. The highest BCUT2D eigenvalue weighted by Gasteiger charge is 2.62. The molecule has 3 nitrogen and oxygen atoms in total. The van der Waals surface area contributed by atoms with Crippen molar-refractivity contribution in [1.82, 2.24) is 0 Å². The lowest BCUT2D eigenvalue weighted by Gasteiger charge is -2.63. The van der Waals surface area contributed by atoms with E-state index in [9.17, 15) is 8.42 Å². The van der Waals surface area contributed by atoms with Crippen LogP contribution in [0.2, 0.25) is 0 Å². The summed E-state index contributed by atoms with van der Waals surface area (Å²) in [5.41, 5.74) is 9.62. The molecule has 1 aromatic heterocycles. The van der Waals surface area contributed by atoms with Crippen molar-refractivity contribution >= 4 is 69.2 Å². The molecule has 5 aliphatic rings. The Balaban J connectivity index is 0.995. The molecular formula is C56H43NO2S2. The number of sulfone groups is 1. The number of hydrogen-bond donors (Lipinski definition) is 0. The molecule has 5 heteroatoms. The van der Waals surface area contributed by atoms with E-state index >= 15 is 0 Å². The van der Waals surface area contributed by atoms with Crippen LogP contribution in [0, 0.1) is 23.7 Å². The van der Waals surface area contributed by atoms with Crippen molar-refractivity contribution in [2.45, 2.75) is 47.3 Å². The lowest BCUT2D eigenvalue weighted by Crippen LogP contribution is -2.57. The molecule has 8 aromatic carbocycles. The first-order valence-corrected chi connectivity index (χ1v) is 24.1. The number of fused-ring (bicyclic) bond motifs is 6. The van der Waals surface area contributed by atoms with Crippen LogP contribution in [-0.4, -0.2) is 8.42 Å². The van der Waals surface area contributed by atoms with Gasteiger partial charge < -0.3 is 4.90 Å². The van der Waals surface area contributed by atoms with Crippen LogP contribution in [0.3, 0.4) is 0 Å². The van der Waals surface area contributed by atoms with Crippen LogP contribution < -0.4 is 4.90 Å². The Morgan fingerprint density at radius 3 is 1.92 bits per heavy atom. The summed E-state index contributed by atoms with van der Waals surface area (Å²) in [7, 11) is -3.72. The third kappa shape index (κ3) is 5.11. The van der Waals surface area contributed by atoms with E-state index in [0.717, 1.165) is 56.4 Å². The van der Waals surface area contributed by atoms with Crippen molar-refractivity contribution in [2.24, 2.45) is 23.7 Å². The number of rotatable bonds is 5. The number of hydrogen-bond acceptors (Lipinski definition) is 4. The van der Waals surface area contributed by atoms with Gasteiger partial charge in [-0.15, -0.1) is 11.3 Å². The number of benzene rings is 8. The molecular weight excluding hydrogens is 783 g/mol. The minimum Gasteiger partial charge on any atom is -0.310 e. The first kappa shape index (κ1) is 35.7. The molecule has 0 radical (unpaired) electrons. The Hall–Kier alpha value is -6.01. The maximum absolute atomic E-state index is 14.7. The first-order chi connectivity index (χ1) is 30.0. The second-order valence-electron chi connectivity index (χ2n) is 18.1. The first-order valence-electron chi connectivity index (χ1n) is 21.8. The van der Waals surface area contributed by atoms with Crippen LogP contribution in [0.25, 0.3) is 53.2 Å². The summed E-state index contributed by atoms with van der Waals surface area (Å²) in [4.78, 5) is 3.39. The molecule has 14 rings (SSSR count). The third-order valence-electron chi connectivity index (χ3n) is 15.1. The summed E-state index contributed by atoms with van der Waals surface area (Å²) < 4.78 is 32.0. The topological polar surface area (TPSA) is 37.4 Å². The van der Waals surface area contributed by atoms with Gasteiger partial charge in [0.25, 0.3) is 0 Å². The van der Waals surface area contributed by atoms with Crippen LogP contribution in [0.1, 0.15) is 43.2 Å². The maximum Gasteiger partial charge on any atom is 0.207 e. The molecule has 4 aliphatic carbocycles. The summed E-state index contributed by atoms with van der Waals surface area (Å²) in [5, 5.41) is 4.92. The molecule has 9 aromatic rings. The van der Waals surface area contributed by atoms with Crippen molar-refractivity contribution in [3.05, 3.63) is 187 Å². The van der Waals surface area contributed by atoms with Gasteiger partial charge in [0.2, 0.25) is 9.84 Å². The summed E-state index contributed by atoms with van der Waals surface area (Å²) in [5.74, 6) is 2.35. The van der Waals surface area contributed by atoms with E-state index < -0.39 is 9.84 Å². The van der Waals surface area contributed by atoms with E-state index in [4.69, 9.17) is 0 Å². The van der Waals surface area contributed by atoms with Crippen molar-refractivity contribution < 1.29 is 8.42 Å². The van der Waals surface area contributed by atoms with Gasteiger partial charge in [0.1, 0.15) is 0 Å². The fourth-order valence-electron chi connectivity index (χ4n) is 12.9. The van der Waals surface area contributed by atoms with E-state index in [1.165, 1.54) is 69.0 Å². The maximum atomic E-state index is 14.7. The number of anilines is 3. The van der Waals surface area contributed by atoms with Crippen molar-refractivity contribution in [1.29, 1.82) is 0 Å².